The van der Waals surface area contributed by atoms with Crippen LogP contribution in [0.2, 0.25) is 0 Å². The molecular weight excluding hydrogens is 276 g/mol. The van der Waals surface area contributed by atoms with Gasteiger partial charge < -0.3 is 11.7 Å². The molecule has 0 aliphatic heterocycles. The Labute approximate surface area is 120 Å². The van der Waals surface area contributed by atoms with Crippen molar-refractivity contribution >= 4 is 23.4 Å². The normalized spacial score (nSPS) is 11.7. The van der Waals surface area contributed by atoms with E-state index in [1.165, 1.54) is 21.3 Å². The second-order valence-electron chi connectivity index (χ2n) is 4.39. The lowest BCUT2D eigenvalue weighted by atomic mass is 10.3. The molecule has 2 aromatic heterocycles. The maximum Gasteiger partial charge on any atom is 0.274 e. The number of aromatic nitrogens is 6. The molecule has 11 heteroatoms. The zero-order valence-electron chi connectivity index (χ0n) is 12.1. The van der Waals surface area contributed by atoms with Gasteiger partial charge >= 0.3 is 0 Å². The number of Topliss-reactive ketones (excluding diaryl/α,β-unsaturated/α-hetero) is 1. The van der Waals surface area contributed by atoms with Crippen molar-refractivity contribution < 1.29 is 4.79 Å². The highest BCUT2D eigenvalue weighted by Gasteiger charge is 2.23. The van der Waals surface area contributed by atoms with Crippen LogP contribution in [0, 0.1) is 13.8 Å². The molecule has 0 amide bonds. The Hall–Kier alpha value is -2.98. The fourth-order valence-electron chi connectivity index (χ4n) is 1.40. The lowest BCUT2D eigenvalue weighted by molar-refractivity contribution is -0.111. The minimum Gasteiger partial charge on any atom is -0.335 e. The predicted molar refractivity (Wildman–Crippen MR) is 75.7 cm³/mol. The van der Waals surface area contributed by atoms with Gasteiger partial charge in [0.05, 0.1) is 0 Å². The highest BCUT2D eigenvalue weighted by atomic mass is 16.1. The Morgan fingerprint density at radius 3 is 1.71 bits per heavy atom. The number of anilines is 2. The van der Waals surface area contributed by atoms with E-state index in [4.69, 9.17) is 11.7 Å². The molecule has 0 bridgehead atoms. The first-order chi connectivity index (χ1) is 9.82. The van der Waals surface area contributed by atoms with E-state index in [0.717, 1.165) is 0 Å². The molecule has 21 heavy (non-hydrogen) atoms. The van der Waals surface area contributed by atoms with Crippen LogP contribution in [-0.4, -0.2) is 41.2 Å². The van der Waals surface area contributed by atoms with E-state index >= 15 is 0 Å². The summed E-state index contributed by atoms with van der Waals surface area (Å²) >= 11 is 0. The zero-order valence-corrected chi connectivity index (χ0v) is 12.1. The SMILES string of the molecule is CC(=O)/C(C)=N/N(c1nnc(C)n1N)c1nnc(C)n1N. The van der Waals surface area contributed by atoms with Gasteiger partial charge in [-0.1, -0.05) is 0 Å². The summed E-state index contributed by atoms with van der Waals surface area (Å²) in [6.07, 6.45) is 0. The topological polar surface area (TPSA) is 146 Å². The number of carbonyl (C=O) groups is 1. The van der Waals surface area contributed by atoms with Crippen LogP contribution in [0.25, 0.3) is 0 Å². The van der Waals surface area contributed by atoms with E-state index in [-0.39, 0.29) is 23.4 Å². The monoisotopic (exact) mass is 292 g/mol. The molecule has 0 aliphatic rings. The van der Waals surface area contributed by atoms with Crippen molar-refractivity contribution in [1.82, 2.24) is 29.7 Å². The molecule has 0 aliphatic carbocycles. The fourth-order valence-corrected chi connectivity index (χ4v) is 1.40. The molecule has 112 valence electrons. The molecule has 0 unspecified atom stereocenters. The van der Waals surface area contributed by atoms with E-state index in [0.29, 0.717) is 11.6 Å². The zero-order chi connectivity index (χ0) is 15.7. The van der Waals surface area contributed by atoms with Crippen LogP contribution in [0.3, 0.4) is 0 Å². The standard InChI is InChI=1S/C10H16N10O/c1-5(6(2)21)17-20(9-15-13-7(3)18(9)11)10-16-14-8(4)19(10)12/h11-12H2,1-4H3/b17-5+. The molecule has 0 spiro atoms. The van der Waals surface area contributed by atoms with Crippen molar-refractivity contribution in [3.8, 4) is 0 Å². The molecule has 0 saturated heterocycles. The fraction of sp³-hybridized carbons (Fsp3) is 0.400. The van der Waals surface area contributed by atoms with Crippen molar-refractivity contribution in [1.29, 1.82) is 0 Å². The highest BCUT2D eigenvalue weighted by Crippen LogP contribution is 2.21. The van der Waals surface area contributed by atoms with Gasteiger partial charge in [-0.05, 0) is 20.8 Å². The third kappa shape index (κ3) is 2.52. The molecule has 0 aromatic carbocycles. The molecule has 0 fully saturated rings. The van der Waals surface area contributed by atoms with E-state index in [1.54, 1.807) is 20.8 Å². The number of hydrogen-bond donors (Lipinski definition) is 2. The van der Waals surface area contributed by atoms with Gasteiger partial charge in [0.2, 0.25) is 0 Å². The molecule has 2 rings (SSSR count). The summed E-state index contributed by atoms with van der Waals surface area (Å²) in [5, 5.41) is 20.9. The van der Waals surface area contributed by atoms with Gasteiger partial charge in [0.25, 0.3) is 11.9 Å². The lowest BCUT2D eigenvalue weighted by Gasteiger charge is -2.16. The number of nitrogen functional groups attached to an aromatic ring is 2. The summed E-state index contributed by atoms with van der Waals surface area (Å²) in [5.74, 6) is 12.7. The first-order valence-electron chi connectivity index (χ1n) is 6.03. The van der Waals surface area contributed by atoms with Crippen LogP contribution in [-0.2, 0) is 4.79 Å². The van der Waals surface area contributed by atoms with Crippen molar-refractivity contribution in [2.24, 2.45) is 5.10 Å². The maximum absolute atomic E-state index is 11.4. The number of nitrogens with zero attached hydrogens (tertiary/aromatic N) is 8. The van der Waals surface area contributed by atoms with E-state index < -0.39 is 0 Å². The third-order valence-corrected chi connectivity index (χ3v) is 2.83. The maximum atomic E-state index is 11.4. The molecule has 0 radical (unpaired) electrons. The first-order valence-corrected chi connectivity index (χ1v) is 6.03. The van der Waals surface area contributed by atoms with Crippen molar-refractivity contribution in [2.75, 3.05) is 16.7 Å². The van der Waals surface area contributed by atoms with Gasteiger partial charge in [0, 0.05) is 6.92 Å². The summed E-state index contributed by atoms with van der Waals surface area (Å²) in [6, 6.07) is 0. The molecule has 2 aromatic rings. The Morgan fingerprint density at radius 2 is 1.43 bits per heavy atom. The molecule has 11 nitrogen and oxygen atoms in total. The molecule has 0 saturated carbocycles. The van der Waals surface area contributed by atoms with Gasteiger partial charge in [-0.2, -0.15) is 10.1 Å². The number of hydrazone groups is 1. The van der Waals surface area contributed by atoms with Gasteiger partial charge in [0.15, 0.2) is 17.4 Å². The first kappa shape index (κ1) is 14.4. The Morgan fingerprint density at radius 1 is 1.00 bits per heavy atom. The van der Waals surface area contributed by atoms with Crippen LogP contribution < -0.4 is 16.7 Å². The van der Waals surface area contributed by atoms with Crippen molar-refractivity contribution in [3.05, 3.63) is 11.6 Å². The average molecular weight is 292 g/mol. The van der Waals surface area contributed by atoms with Gasteiger partial charge in [-0.3, -0.25) is 4.79 Å². The number of aryl methyl sites for hydroxylation is 2. The second-order valence-corrected chi connectivity index (χ2v) is 4.39. The molecular formula is C10H16N10O. The van der Waals surface area contributed by atoms with E-state index in [9.17, 15) is 4.79 Å². The molecule has 4 N–H and O–H groups in total. The Kier molecular flexibility index (Phi) is 3.56. The van der Waals surface area contributed by atoms with Crippen LogP contribution in [0.4, 0.5) is 11.9 Å². The largest absolute Gasteiger partial charge is 0.335 e. The van der Waals surface area contributed by atoms with Crippen LogP contribution in [0.15, 0.2) is 5.10 Å². The minimum atomic E-state index is -0.209. The third-order valence-electron chi connectivity index (χ3n) is 2.83. The minimum absolute atomic E-state index is 0.159. The summed E-state index contributed by atoms with van der Waals surface area (Å²) in [7, 11) is 0. The summed E-state index contributed by atoms with van der Waals surface area (Å²) in [5.41, 5.74) is 0.233. The quantitative estimate of drug-likeness (QED) is 0.415. The Balaban J connectivity index is 2.60. The molecule has 2 heterocycles. The van der Waals surface area contributed by atoms with E-state index in [2.05, 4.69) is 25.5 Å². The van der Waals surface area contributed by atoms with Crippen LogP contribution in [0.1, 0.15) is 25.5 Å². The second kappa shape index (κ2) is 5.19. The van der Waals surface area contributed by atoms with Gasteiger partial charge in [-0.25, -0.2) is 9.35 Å². The van der Waals surface area contributed by atoms with Crippen molar-refractivity contribution in [2.45, 2.75) is 27.7 Å². The number of ketones is 1. The lowest BCUT2D eigenvalue weighted by Crippen LogP contribution is -2.27. The van der Waals surface area contributed by atoms with Crippen LogP contribution in [0.5, 0.6) is 0 Å². The van der Waals surface area contributed by atoms with Gasteiger partial charge in [0.1, 0.15) is 5.71 Å². The molecule has 0 atom stereocenters. The number of rotatable bonds is 4. The number of nitrogens with two attached hydrogens (primary N) is 2. The number of carbonyl (C=O) groups excluding carboxylic acids is 1. The van der Waals surface area contributed by atoms with Crippen molar-refractivity contribution in [3.63, 3.8) is 0 Å². The Bertz CT molecular complexity index is 665. The smallest absolute Gasteiger partial charge is 0.274 e. The van der Waals surface area contributed by atoms with Crippen LogP contribution >= 0.6 is 0 Å². The predicted octanol–water partition coefficient (Wildman–Crippen LogP) is -0.983. The summed E-state index contributed by atoms with van der Waals surface area (Å²) in [6.45, 7) is 6.31. The average Bonchev–Trinajstić information content (AvgIpc) is 2.93. The summed E-state index contributed by atoms with van der Waals surface area (Å²) in [4.78, 5) is 11.4. The highest BCUT2D eigenvalue weighted by molar-refractivity contribution is 6.38. The van der Waals surface area contributed by atoms with Gasteiger partial charge in [-0.15, -0.1) is 20.4 Å². The number of hydrogen-bond acceptors (Lipinski definition) is 9. The summed E-state index contributed by atoms with van der Waals surface area (Å²) < 4.78 is 2.42. The van der Waals surface area contributed by atoms with E-state index in [1.807, 2.05) is 0 Å².